The molecule has 0 spiro atoms. The van der Waals surface area contributed by atoms with Crippen molar-refractivity contribution in [2.45, 2.75) is 33.5 Å². The first kappa shape index (κ1) is 30.7. The van der Waals surface area contributed by atoms with E-state index in [0.29, 0.717) is 35.8 Å². The molecule has 1 aromatic carbocycles. The van der Waals surface area contributed by atoms with E-state index in [4.69, 9.17) is 0 Å². The van der Waals surface area contributed by atoms with Gasteiger partial charge < -0.3 is 10.2 Å². The molecule has 3 aromatic rings. The van der Waals surface area contributed by atoms with E-state index in [1.54, 1.807) is 12.1 Å². The summed E-state index contributed by atoms with van der Waals surface area (Å²) in [4.78, 5) is 36.1. The third kappa shape index (κ3) is 8.61. The van der Waals surface area contributed by atoms with Crippen LogP contribution >= 0.6 is 11.3 Å². The Kier molecular flexibility index (Phi) is 11.2. The zero-order chi connectivity index (χ0) is 29.1. The summed E-state index contributed by atoms with van der Waals surface area (Å²) < 4.78 is 41.6. The SMILES string of the molecule is CC.CCN1CCN(Cc2ccc(C(=O)Nc3ncc(C#Cc4ccc(NC=O)nc4)s3)cc2C(F)(F)F)CC1. The molecule has 12 heteroatoms. The normalized spacial score (nSPS) is 13.8. The van der Waals surface area contributed by atoms with E-state index < -0.39 is 17.6 Å². The van der Waals surface area contributed by atoms with Gasteiger partial charge in [-0.05, 0) is 42.3 Å². The molecular formula is C28H31F3N6O2S. The highest BCUT2D eigenvalue weighted by Crippen LogP contribution is 2.34. The van der Waals surface area contributed by atoms with E-state index in [-0.39, 0.29) is 22.8 Å². The lowest BCUT2D eigenvalue weighted by molar-refractivity contribution is -0.138. The standard InChI is InChI=1S/C26H25F3N6O2S.C2H6/c1-2-34-9-11-35(12-10-34)16-20-6-5-19(13-22(20)26(27,28)29)24(37)33-25-31-15-21(38-25)7-3-18-4-8-23(30-14-18)32-17-36;1-2/h4-6,8,13-15,17H,2,9-12,16H2,1H3,(H,30,32,36)(H,31,33,37);1-2H3. The van der Waals surface area contributed by atoms with Crippen molar-refractivity contribution >= 4 is 34.6 Å². The van der Waals surface area contributed by atoms with Crippen LogP contribution in [0.5, 0.6) is 0 Å². The van der Waals surface area contributed by atoms with Gasteiger partial charge in [0.25, 0.3) is 5.91 Å². The molecule has 0 bridgehead atoms. The number of thiazole rings is 1. The number of likely N-dealkylation sites (N-methyl/N-ethyl adjacent to an activating group) is 1. The highest BCUT2D eigenvalue weighted by atomic mass is 32.1. The van der Waals surface area contributed by atoms with Gasteiger partial charge in [-0.15, -0.1) is 0 Å². The number of hydrogen-bond acceptors (Lipinski definition) is 7. The first-order valence-corrected chi connectivity index (χ1v) is 13.7. The van der Waals surface area contributed by atoms with Gasteiger partial charge in [0.1, 0.15) is 5.82 Å². The molecule has 1 saturated heterocycles. The van der Waals surface area contributed by atoms with Crippen LogP contribution in [0.25, 0.3) is 0 Å². The number of nitrogens with zero attached hydrogens (tertiary/aromatic N) is 4. The van der Waals surface area contributed by atoms with E-state index in [1.807, 2.05) is 18.7 Å². The third-order valence-electron chi connectivity index (χ3n) is 6.01. The molecule has 0 unspecified atom stereocenters. The number of carbonyl (C=O) groups excluding carboxylic acids is 2. The molecule has 2 amide bonds. The van der Waals surface area contributed by atoms with Crippen LogP contribution < -0.4 is 10.6 Å². The second-order valence-corrected chi connectivity index (χ2v) is 9.54. The molecule has 0 saturated carbocycles. The molecule has 0 radical (unpaired) electrons. The molecule has 2 aromatic heterocycles. The fraction of sp³-hybridized carbons (Fsp3) is 0.357. The first-order valence-electron chi connectivity index (χ1n) is 12.9. The van der Waals surface area contributed by atoms with E-state index in [2.05, 4.69) is 44.3 Å². The van der Waals surface area contributed by atoms with Crippen LogP contribution in [0.2, 0.25) is 0 Å². The molecule has 1 aliphatic heterocycles. The van der Waals surface area contributed by atoms with Gasteiger partial charge in [-0.2, -0.15) is 13.2 Å². The fourth-order valence-electron chi connectivity index (χ4n) is 3.93. The Hall–Kier alpha value is -3.79. The topological polar surface area (TPSA) is 90.5 Å². The van der Waals surface area contributed by atoms with Gasteiger partial charge in [0.2, 0.25) is 6.41 Å². The average Bonchev–Trinajstić information content (AvgIpc) is 3.41. The quantitative estimate of drug-likeness (QED) is 0.308. The first-order chi connectivity index (χ1) is 19.2. The van der Waals surface area contributed by atoms with Crippen molar-refractivity contribution in [1.29, 1.82) is 0 Å². The van der Waals surface area contributed by atoms with Crippen LogP contribution in [-0.4, -0.2) is 64.8 Å². The lowest BCUT2D eigenvalue weighted by Crippen LogP contribution is -2.45. The van der Waals surface area contributed by atoms with Crippen LogP contribution in [0, 0.1) is 11.8 Å². The second kappa shape index (κ2) is 14.6. The molecule has 8 nitrogen and oxygen atoms in total. The van der Waals surface area contributed by atoms with Gasteiger partial charge in [-0.25, -0.2) is 9.97 Å². The Morgan fingerprint density at radius 1 is 1.05 bits per heavy atom. The minimum absolute atomic E-state index is 0.102. The summed E-state index contributed by atoms with van der Waals surface area (Å²) in [6.45, 7) is 10.2. The van der Waals surface area contributed by atoms with Gasteiger partial charge in [0, 0.05) is 50.0 Å². The number of amides is 2. The van der Waals surface area contributed by atoms with Crippen molar-refractivity contribution in [1.82, 2.24) is 19.8 Å². The van der Waals surface area contributed by atoms with Crippen molar-refractivity contribution in [2.24, 2.45) is 0 Å². The molecule has 3 heterocycles. The van der Waals surface area contributed by atoms with Gasteiger partial charge in [0.15, 0.2) is 5.13 Å². The lowest BCUT2D eigenvalue weighted by atomic mass is 10.0. The number of halogens is 3. The molecule has 1 fully saturated rings. The van der Waals surface area contributed by atoms with Crippen molar-refractivity contribution in [3.63, 3.8) is 0 Å². The molecule has 1 aliphatic rings. The zero-order valence-electron chi connectivity index (χ0n) is 22.5. The van der Waals surface area contributed by atoms with Crippen LogP contribution in [0.1, 0.15) is 52.7 Å². The second-order valence-electron chi connectivity index (χ2n) is 8.51. The highest BCUT2D eigenvalue weighted by molar-refractivity contribution is 7.16. The number of alkyl halides is 3. The van der Waals surface area contributed by atoms with E-state index in [0.717, 1.165) is 37.0 Å². The minimum Gasteiger partial charge on any atom is -0.313 e. The Morgan fingerprint density at radius 2 is 1.77 bits per heavy atom. The molecule has 0 aliphatic carbocycles. The van der Waals surface area contributed by atoms with Gasteiger partial charge >= 0.3 is 6.18 Å². The highest BCUT2D eigenvalue weighted by Gasteiger charge is 2.34. The van der Waals surface area contributed by atoms with E-state index in [9.17, 15) is 22.8 Å². The van der Waals surface area contributed by atoms with Crippen LogP contribution in [0.15, 0.2) is 42.7 Å². The lowest BCUT2D eigenvalue weighted by Gasteiger charge is -2.34. The van der Waals surface area contributed by atoms with E-state index >= 15 is 0 Å². The number of nitrogens with one attached hydrogen (secondary N) is 2. The maximum atomic E-state index is 13.9. The number of pyridine rings is 1. The predicted molar refractivity (Wildman–Crippen MR) is 150 cm³/mol. The summed E-state index contributed by atoms with van der Waals surface area (Å²) >= 11 is 1.10. The Morgan fingerprint density at radius 3 is 2.40 bits per heavy atom. The summed E-state index contributed by atoms with van der Waals surface area (Å²) in [6, 6.07) is 6.98. The Labute approximate surface area is 235 Å². The number of carbonyl (C=O) groups is 2. The summed E-state index contributed by atoms with van der Waals surface area (Å²) in [5, 5.41) is 5.20. The van der Waals surface area contributed by atoms with Gasteiger partial charge in [-0.3, -0.25) is 19.8 Å². The molecule has 40 heavy (non-hydrogen) atoms. The maximum Gasteiger partial charge on any atom is 0.416 e. The number of benzene rings is 1. The monoisotopic (exact) mass is 572 g/mol. The number of piperazine rings is 1. The average molecular weight is 573 g/mol. The van der Waals surface area contributed by atoms with Crippen LogP contribution in [-0.2, 0) is 17.5 Å². The van der Waals surface area contributed by atoms with Crippen LogP contribution in [0.4, 0.5) is 24.1 Å². The molecule has 2 N–H and O–H groups in total. The van der Waals surface area contributed by atoms with E-state index in [1.165, 1.54) is 24.5 Å². The fourth-order valence-corrected chi connectivity index (χ4v) is 4.60. The zero-order valence-corrected chi connectivity index (χ0v) is 23.3. The largest absolute Gasteiger partial charge is 0.416 e. The molecule has 0 atom stereocenters. The molecule has 4 rings (SSSR count). The summed E-state index contributed by atoms with van der Waals surface area (Å²) in [7, 11) is 0. The van der Waals surface area contributed by atoms with Crippen molar-refractivity contribution < 1.29 is 22.8 Å². The molecular weight excluding hydrogens is 541 g/mol. The maximum absolute atomic E-state index is 13.9. The Balaban J connectivity index is 0.00000216. The third-order valence-corrected chi connectivity index (χ3v) is 6.84. The number of rotatable bonds is 7. The number of aromatic nitrogens is 2. The van der Waals surface area contributed by atoms with Gasteiger partial charge in [-0.1, -0.05) is 44.1 Å². The van der Waals surface area contributed by atoms with Gasteiger partial charge in [0.05, 0.1) is 16.6 Å². The minimum atomic E-state index is -4.59. The van der Waals surface area contributed by atoms with Crippen molar-refractivity contribution in [3.05, 3.63) is 69.9 Å². The van der Waals surface area contributed by atoms with Crippen molar-refractivity contribution in [2.75, 3.05) is 43.4 Å². The summed E-state index contributed by atoms with van der Waals surface area (Å²) in [5.74, 6) is 5.50. The van der Waals surface area contributed by atoms with Crippen LogP contribution in [0.3, 0.4) is 0 Å². The summed E-state index contributed by atoms with van der Waals surface area (Å²) in [5.41, 5.74) is -0.158. The number of anilines is 2. The molecule has 212 valence electrons. The Bertz CT molecular complexity index is 1340. The smallest absolute Gasteiger partial charge is 0.313 e. The predicted octanol–water partition coefficient (Wildman–Crippen LogP) is 4.94. The van der Waals surface area contributed by atoms with Crippen molar-refractivity contribution in [3.8, 4) is 11.8 Å². The summed E-state index contributed by atoms with van der Waals surface area (Å²) in [6.07, 6.45) is -1.10. The number of hydrogen-bond donors (Lipinski definition) is 2.